The van der Waals surface area contributed by atoms with E-state index in [9.17, 15) is 5.11 Å². The Morgan fingerprint density at radius 1 is 1.35 bits per heavy atom. The molecule has 4 nitrogen and oxygen atoms in total. The molecule has 4 heteroatoms. The van der Waals surface area contributed by atoms with Crippen LogP contribution in [-0.2, 0) is 6.42 Å². The number of pyridine rings is 1. The SMILES string of the molecule is CCCc1nccn1-c1cc([C@@H](C)O)ccn1. The van der Waals surface area contributed by atoms with Crippen molar-refractivity contribution in [3.63, 3.8) is 0 Å². The molecule has 0 aliphatic rings. The number of rotatable bonds is 4. The zero-order chi connectivity index (χ0) is 12.3. The van der Waals surface area contributed by atoms with Crippen LogP contribution in [0.1, 0.15) is 37.8 Å². The minimum Gasteiger partial charge on any atom is -0.389 e. The maximum absolute atomic E-state index is 9.57. The molecule has 0 saturated heterocycles. The summed E-state index contributed by atoms with van der Waals surface area (Å²) in [5, 5.41) is 9.57. The summed E-state index contributed by atoms with van der Waals surface area (Å²) in [6.45, 7) is 3.87. The maximum atomic E-state index is 9.57. The van der Waals surface area contributed by atoms with Crippen LogP contribution in [0, 0.1) is 0 Å². The molecule has 0 aliphatic heterocycles. The topological polar surface area (TPSA) is 50.9 Å². The lowest BCUT2D eigenvalue weighted by molar-refractivity contribution is 0.199. The van der Waals surface area contributed by atoms with Crippen molar-refractivity contribution in [2.75, 3.05) is 0 Å². The van der Waals surface area contributed by atoms with Gasteiger partial charge in [-0.25, -0.2) is 9.97 Å². The van der Waals surface area contributed by atoms with Gasteiger partial charge in [-0.2, -0.15) is 0 Å². The second kappa shape index (κ2) is 5.10. The molecule has 0 aliphatic carbocycles. The minimum absolute atomic E-state index is 0.477. The number of imidazole rings is 1. The van der Waals surface area contributed by atoms with Crippen molar-refractivity contribution in [3.8, 4) is 5.82 Å². The zero-order valence-corrected chi connectivity index (χ0v) is 10.2. The summed E-state index contributed by atoms with van der Waals surface area (Å²) in [6, 6.07) is 3.72. The van der Waals surface area contributed by atoms with Gasteiger partial charge in [-0.3, -0.25) is 4.57 Å². The highest BCUT2D eigenvalue weighted by molar-refractivity contribution is 5.30. The summed E-state index contributed by atoms with van der Waals surface area (Å²) in [6.07, 6.45) is 6.89. The molecule has 2 heterocycles. The number of hydrogen-bond acceptors (Lipinski definition) is 3. The van der Waals surface area contributed by atoms with E-state index in [2.05, 4.69) is 16.9 Å². The van der Waals surface area contributed by atoms with Crippen LogP contribution < -0.4 is 0 Å². The first kappa shape index (κ1) is 11.8. The molecule has 0 unspecified atom stereocenters. The molecule has 0 bridgehead atoms. The van der Waals surface area contributed by atoms with E-state index in [1.54, 1.807) is 19.3 Å². The first-order valence-corrected chi connectivity index (χ1v) is 5.89. The van der Waals surface area contributed by atoms with Crippen molar-refractivity contribution in [1.82, 2.24) is 14.5 Å². The van der Waals surface area contributed by atoms with E-state index in [0.29, 0.717) is 0 Å². The van der Waals surface area contributed by atoms with Crippen LogP contribution in [0.3, 0.4) is 0 Å². The van der Waals surface area contributed by atoms with Crippen LogP contribution in [-0.4, -0.2) is 19.6 Å². The number of aromatic nitrogens is 3. The van der Waals surface area contributed by atoms with Gasteiger partial charge in [0.25, 0.3) is 0 Å². The maximum Gasteiger partial charge on any atom is 0.138 e. The van der Waals surface area contributed by atoms with Crippen LogP contribution in [0.5, 0.6) is 0 Å². The van der Waals surface area contributed by atoms with Crippen molar-refractivity contribution in [1.29, 1.82) is 0 Å². The molecule has 2 aromatic rings. The van der Waals surface area contributed by atoms with E-state index in [1.807, 2.05) is 22.9 Å². The molecule has 0 spiro atoms. The van der Waals surface area contributed by atoms with Crippen LogP contribution in [0.25, 0.3) is 5.82 Å². The number of nitrogens with zero attached hydrogens (tertiary/aromatic N) is 3. The van der Waals surface area contributed by atoms with Crippen LogP contribution in [0.2, 0.25) is 0 Å². The van der Waals surface area contributed by atoms with Gasteiger partial charge in [0, 0.05) is 25.0 Å². The molecule has 0 saturated carbocycles. The van der Waals surface area contributed by atoms with Crippen LogP contribution in [0.15, 0.2) is 30.7 Å². The molecule has 0 amide bonds. The molecule has 0 radical (unpaired) electrons. The molecule has 0 fully saturated rings. The molecule has 2 rings (SSSR count). The fraction of sp³-hybridized carbons (Fsp3) is 0.385. The van der Waals surface area contributed by atoms with Gasteiger partial charge in [0.05, 0.1) is 6.10 Å². The van der Waals surface area contributed by atoms with Gasteiger partial charge >= 0.3 is 0 Å². The van der Waals surface area contributed by atoms with Crippen molar-refractivity contribution < 1.29 is 5.11 Å². The van der Waals surface area contributed by atoms with E-state index < -0.39 is 6.10 Å². The predicted octanol–water partition coefficient (Wildman–Crippen LogP) is 2.27. The lowest BCUT2D eigenvalue weighted by Gasteiger charge is -2.09. The first-order chi connectivity index (χ1) is 8.22. The molecular weight excluding hydrogens is 214 g/mol. The predicted molar refractivity (Wildman–Crippen MR) is 66.0 cm³/mol. The smallest absolute Gasteiger partial charge is 0.138 e. The number of aliphatic hydroxyl groups is 1. The van der Waals surface area contributed by atoms with Gasteiger partial charge in [-0.05, 0) is 31.0 Å². The summed E-state index contributed by atoms with van der Waals surface area (Å²) in [5.41, 5.74) is 0.867. The third-order valence-electron chi connectivity index (χ3n) is 2.69. The van der Waals surface area contributed by atoms with Gasteiger partial charge in [0.15, 0.2) is 0 Å². The summed E-state index contributed by atoms with van der Waals surface area (Å²) < 4.78 is 1.97. The quantitative estimate of drug-likeness (QED) is 0.878. The largest absolute Gasteiger partial charge is 0.389 e. The zero-order valence-electron chi connectivity index (χ0n) is 10.2. The van der Waals surface area contributed by atoms with Crippen LogP contribution >= 0.6 is 0 Å². The Morgan fingerprint density at radius 2 is 2.18 bits per heavy atom. The van der Waals surface area contributed by atoms with Gasteiger partial charge in [0.2, 0.25) is 0 Å². The summed E-state index contributed by atoms with van der Waals surface area (Å²) in [4.78, 5) is 8.64. The number of hydrogen-bond donors (Lipinski definition) is 1. The first-order valence-electron chi connectivity index (χ1n) is 5.89. The fourth-order valence-corrected chi connectivity index (χ4v) is 1.78. The third-order valence-corrected chi connectivity index (χ3v) is 2.69. The molecule has 1 N–H and O–H groups in total. The molecule has 2 aromatic heterocycles. The highest BCUT2D eigenvalue weighted by Crippen LogP contribution is 2.16. The van der Waals surface area contributed by atoms with Crippen molar-refractivity contribution >= 4 is 0 Å². The number of aliphatic hydroxyl groups excluding tert-OH is 1. The van der Waals surface area contributed by atoms with E-state index >= 15 is 0 Å². The summed E-state index contributed by atoms with van der Waals surface area (Å²) in [5.74, 6) is 1.81. The molecule has 0 aromatic carbocycles. The van der Waals surface area contributed by atoms with E-state index in [0.717, 1.165) is 30.0 Å². The van der Waals surface area contributed by atoms with Crippen molar-refractivity contribution in [2.45, 2.75) is 32.8 Å². The normalized spacial score (nSPS) is 12.6. The number of aryl methyl sites for hydroxylation is 1. The van der Waals surface area contributed by atoms with Gasteiger partial charge < -0.3 is 5.11 Å². The molecule has 90 valence electrons. The lowest BCUT2D eigenvalue weighted by atomic mass is 10.2. The summed E-state index contributed by atoms with van der Waals surface area (Å²) in [7, 11) is 0. The second-order valence-electron chi connectivity index (χ2n) is 4.09. The second-order valence-corrected chi connectivity index (χ2v) is 4.09. The summed E-state index contributed by atoms with van der Waals surface area (Å²) >= 11 is 0. The Labute approximate surface area is 101 Å². The van der Waals surface area contributed by atoms with Gasteiger partial charge in [0.1, 0.15) is 11.6 Å². The molecular formula is C13H17N3O. The molecule has 1 atom stereocenters. The average Bonchev–Trinajstić information content (AvgIpc) is 2.78. The Morgan fingerprint density at radius 3 is 2.88 bits per heavy atom. The van der Waals surface area contributed by atoms with Crippen molar-refractivity contribution in [3.05, 3.63) is 42.1 Å². The third kappa shape index (κ3) is 2.53. The Balaban J connectivity index is 2.38. The monoisotopic (exact) mass is 231 g/mol. The Bertz CT molecular complexity index is 491. The van der Waals surface area contributed by atoms with Crippen molar-refractivity contribution in [2.24, 2.45) is 0 Å². The molecule has 17 heavy (non-hydrogen) atoms. The highest BCUT2D eigenvalue weighted by Gasteiger charge is 2.07. The average molecular weight is 231 g/mol. The van der Waals surface area contributed by atoms with E-state index in [-0.39, 0.29) is 0 Å². The van der Waals surface area contributed by atoms with E-state index in [4.69, 9.17) is 0 Å². The van der Waals surface area contributed by atoms with E-state index in [1.165, 1.54) is 0 Å². The van der Waals surface area contributed by atoms with Crippen LogP contribution in [0.4, 0.5) is 0 Å². The van der Waals surface area contributed by atoms with Gasteiger partial charge in [-0.1, -0.05) is 6.92 Å². The Hall–Kier alpha value is -1.68. The Kier molecular flexibility index (Phi) is 3.54. The lowest BCUT2D eigenvalue weighted by Crippen LogP contribution is -2.03. The highest BCUT2D eigenvalue weighted by atomic mass is 16.3. The fourth-order valence-electron chi connectivity index (χ4n) is 1.78. The minimum atomic E-state index is -0.477. The standard InChI is InChI=1S/C13H17N3O/c1-3-4-12-15-7-8-16(12)13-9-11(10(2)17)5-6-14-13/h5-10,17H,3-4H2,1-2H3/t10-/m1/s1. The van der Waals surface area contributed by atoms with Gasteiger partial charge in [-0.15, -0.1) is 0 Å².